The van der Waals surface area contributed by atoms with Crippen molar-refractivity contribution in [2.45, 2.75) is 6.92 Å². The highest BCUT2D eigenvalue weighted by atomic mass is 35.5. The Hall–Kier alpha value is -2.93. The maximum absolute atomic E-state index is 9.58. The molecule has 25 heavy (non-hydrogen) atoms. The van der Waals surface area contributed by atoms with Crippen molar-refractivity contribution >= 4 is 17.4 Å². The lowest BCUT2D eigenvalue weighted by atomic mass is 9.98. The Morgan fingerprint density at radius 3 is 2.36 bits per heavy atom. The summed E-state index contributed by atoms with van der Waals surface area (Å²) in [5.41, 5.74) is 10.4. The van der Waals surface area contributed by atoms with Crippen LogP contribution in [0.2, 0.25) is 5.15 Å². The fourth-order valence-electron chi connectivity index (χ4n) is 3.03. The SMILES string of the molecule is Cc1cnn(C)c1-c1c(-c2ccc(O)cc2)c(Cl)n(C)c1C(N)=NO. The monoisotopic (exact) mass is 359 g/mol. The molecule has 0 saturated carbocycles. The molecule has 0 aliphatic carbocycles. The van der Waals surface area contributed by atoms with E-state index in [0.29, 0.717) is 16.4 Å². The van der Waals surface area contributed by atoms with Gasteiger partial charge >= 0.3 is 0 Å². The first-order valence-electron chi connectivity index (χ1n) is 7.51. The van der Waals surface area contributed by atoms with E-state index in [2.05, 4.69) is 10.3 Å². The lowest BCUT2D eigenvalue weighted by Crippen LogP contribution is -2.18. The van der Waals surface area contributed by atoms with Crippen LogP contribution in [-0.4, -0.2) is 30.5 Å². The number of aryl methyl sites for hydroxylation is 2. The van der Waals surface area contributed by atoms with Crippen LogP contribution in [-0.2, 0) is 14.1 Å². The van der Waals surface area contributed by atoms with Gasteiger partial charge in [0.2, 0.25) is 0 Å². The molecule has 7 nitrogen and oxygen atoms in total. The molecule has 0 aliphatic rings. The van der Waals surface area contributed by atoms with Crippen molar-refractivity contribution in [1.29, 1.82) is 0 Å². The third-order valence-electron chi connectivity index (χ3n) is 4.19. The molecule has 0 spiro atoms. The minimum Gasteiger partial charge on any atom is -0.508 e. The van der Waals surface area contributed by atoms with Gasteiger partial charge in [0.1, 0.15) is 10.9 Å². The van der Waals surface area contributed by atoms with E-state index in [9.17, 15) is 10.3 Å². The summed E-state index contributed by atoms with van der Waals surface area (Å²) in [6, 6.07) is 6.70. The van der Waals surface area contributed by atoms with Crippen LogP contribution in [0.15, 0.2) is 35.6 Å². The highest BCUT2D eigenvalue weighted by Gasteiger charge is 2.27. The van der Waals surface area contributed by atoms with Crippen LogP contribution in [0.25, 0.3) is 22.4 Å². The van der Waals surface area contributed by atoms with Crippen molar-refractivity contribution in [3.8, 4) is 28.1 Å². The molecule has 1 aromatic carbocycles. The molecule has 0 radical (unpaired) electrons. The minimum absolute atomic E-state index is 0.0509. The van der Waals surface area contributed by atoms with Crippen LogP contribution in [0.1, 0.15) is 11.3 Å². The summed E-state index contributed by atoms with van der Waals surface area (Å²) in [6.45, 7) is 1.93. The van der Waals surface area contributed by atoms with Gasteiger partial charge in [-0.3, -0.25) is 4.68 Å². The first-order valence-corrected chi connectivity index (χ1v) is 7.89. The van der Waals surface area contributed by atoms with Crippen molar-refractivity contribution in [1.82, 2.24) is 14.3 Å². The van der Waals surface area contributed by atoms with Crippen molar-refractivity contribution in [2.24, 2.45) is 25.0 Å². The zero-order chi connectivity index (χ0) is 18.3. The predicted molar refractivity (Wildman–Crippen MR) is 97.0 cm³/mol. The summed E-state index contributed by atoms with van der Waals surface area (Å²) in [5.74, 6) is 0.107. The van der Waals surface area contributed by atoms with Crippen LogP contribution in [0.3, 0.4) is 0 Å². The van der Waals surface area contributed by atoms with E-state index < -0.39 is 0 Å². The van der Waals surface area contributed by atoms with Crippen molar-refractivity contribution < 1.29 is 10.3 Å². The van der Waals surface area contributed by atoms with Crippen LogP contribution >= 0.6 is 11.6 Å². The maximum Gasteiger partial charge on any atom is 0.187 e. The number of phenols is 1. The van der Waals surface area contributed by atoms with Crippen LogP contribution in [0, 0.1) is 6.92 Å². The van der Waals surface area contributed by atoms with E-state index in [1.165, 1.54) is 0 Å². The van der Waals surface area contributed by atoms with Gasteiger partial charge in [-0.2, -0.15) is 5.10 Å². The molecule has 3 aromatic rings. The molecule has 4 N–H and O–H groups in total. The van der Waals surface area contributed by atoms with Crippen LogP contribution in [0.4, 0.5) is 0 Å². The molecule has 8 heteroatoms. The zero-order valence-electron chi connectivity index (χ0n) is 14.0. The number of halogens is 1. The Bertz CT molecular complexity index is 951. The maximum atomic E-state index is 9.58. The van der Waals surface area contributed by atoms with Gasteiger partial charge in [-0.05, 0) is 30.2 Å². The number of benzene rings is 1. The first-order chi connectivity index (χ1) is 11.9. The number of aromatic nitrogens is 3. The number of nitrogens with zero attached hydrogens (tertiary/aromatic N) is 4. The Morgan fingerprint density at radius 2 is 1.84 bits per heavy atom. The Labute approximate surface area is 149 Å². The van der Waals surface area contributed by atoms with Crippen LogP contribution in [0.5, 0.6) is 5.75 Å². The van der Waals surface area contributed by atoms with E-state index in [1.807, 2.05) is 14.0 Å². The normalized spacial score (nSPS) is 11.9. The number of rotatable bonds is 3. The third-order valence-corrected chi connectivity index (χ3v) is 4.63. The molecule has 0 fully saturated rings. The molecule has 130 valence electrons. The van der Waals surface area contributed by atoms with Gasteiger partial charge in [0.15, 0.2) is 5.84 Å². The summed E-state index contributed by atoms with van der Waals surface area (Å²) >= 11 is 6.59. The van der Waals surface area contributed by atoms with Gasteiger partial charge in [0.25, 0.3) is 0 Å². The summed E-state index contributed by atoms with van der Waals surface area (Å²) in [7, 11) is 3.56. The molecular formula is C17H18ClN5O2. The smallest absolute Gasteiger partial charge is 0.187 e. The number of hydrogen-bond acceptors (Lipinski definition) is 4. The second-order valence-corrected chi connectivity index (χ2v) is 6.14. The molecule has 0 aliphatic heterocycles. The molecule has 3 rings (SSSR count). The second kappa shape index (κ2) is 6.18. The standard InChI is InChI=1S/C17H18ClN5O2/c1-9-8-20-23(3)14(9)13-12(10-4-6-11(24)7-5-10)16(18)22(2)15(13)17(19)21-25/h4-8,24-25H,1-3H3,(H2,19,21). The Balaban J connectivity index is 2.45. The highest BCUT2D eigenvalue weighted by molar-refractivity contribution is 6.34. The quantitative estimate of drug-likeness (QED) is 0.289. The first kappa shape index (κ1) is 16.9. The largest absolute Gasteiger partial charge is 0.508 e. The lowest BCUT2D eigenvalue weighted by molar-refractivity contribution is 0.318. The topological polar surface area (TPSA) is 102 Å². The van der Waals surface area contributed by atoms with Gasteiger partial charge in [0, 0.05) is 25.2 Å². The van der Waals surface area contributed by atoms with E-state index in [4.69, 9.17) is 17.3 Å². The number of phenolic OH excluding ortho intramolecular Hbond substituents is 1. The molecular weight excluding hydrogens is 342 g/mol. The predicted octanol–water partition coefficient (Wildman–Crippen LogP) is 2.85. The molecule has 0 atom stereocenters. The molecule has 0 bridgehead atoms. The van der Waals surface area contributed by atoms with Gasteiger partial charge in [-0.1, -0.05) is 28.9 Å². The van der Waals surface area contributed by atoms with Gasteiger partial charge in [0.05, 0.1) is 17.6 Å². The highest BCUT2D eigenvalue weighted by Crippen LogP contribution is 2.43. The summed E-state index contributed by atoms with van der Waals surface area (Å²) in [6.07, 6.45) is 1.74. The average Bonchev–Trinajstić information content (AvgIpc) is 3.05. The average molecular weight is 360 g/mol. The Kier molecular flexibility index (Phi) is 4.18. The number of amidine groups is 1. The van der Waals surface area contributed by atoms with Gasteiger partial charge in [-0.15, -0.1) is 0 Å². The third kappa shape index (κ3) is 2.62. The summed E-state index contributed by atoms with van der Waals surface area (Å²) in [4.78, 5) is 0. The fraction of sp³-hybridized carbons (Fsp3) is 0.176. The lowest BCUT2D eigenvalue weighted by Gasteiger charge is -2.10. The molecule has 0 unspecified atom stereocenters. The number of nitrogens with two attached hydrogens (primary N) is 1. The molecule has 2 aromatic heterocycles. The summed E-state index contributed by atoms with van der Waals surface area (Å²) < 4.78 is 3.39. The van der Waals surface area contributed by atoms with Crippen molar-refractivity contribution in [2.75, 3.05) is 0 Å². The van der Waals surface area contributed by atoms with E-state index in [-0.39, 0.29) is 11.6 Å². The van der Waals surface area contributed by atoms with Gasteiger partial charge in [-0.25, -0.2) is 0 Å². The number of aromatic hydroxyl groups is 1. The van der Waals surface area contributed by atoms with E-state index >= 15 is 0 Å². The van der Waals surface area contributed by atoms with E-state index in [1.54, 1.807) is 46.8 Å². The Morgan fingerprint density at radius 1 is 1.20 bits per heavy atom. The van der Waals surface area contributed by atoms with Crippen molar-refractivity contribution in [3.05, 3.63) is 46.9 Å². The fourth-order valence-corrected chi connectivity index (χ4v) is 3.32. The second-order valence-electron chi connectivity index (χ2n) is 5.78. The number of hydrogen-bond donors (Lipinski definition) is 3. The minimum atomic E-state index is -0.0509. The van der Waals surface area contributed by atoms with Gasteiger partial charge < -0.3 is 20.6 Å². The van der Waals surface area contributed by atoms with Crippen LogP contribution < -0.4 is 5.73 Å². The van der Waals surface area contributed by atoms with Crippen molar-refractivity contribution in [3.63, 3.8) is 0 Å². The molecule has 0 saturated heterocycles. The van der Waals surface area contributed by atoms with E-state index in [0.717, 1.165) is 22.4 Å². The molecule has 0 amide bonds. The summed E-state index contributed by atoms with van der Waals surface area (Å²) in [5, 5.41) is 26.7. The number of oxime groups is 1. The molecule has 2 heterocycles. The zero-order valence-corrected chi connectivity index (χ0v) is 14.8.